The lowest BCUT2D eigenvalue weighted by Gasteiger charge is -2.39. The van der Waals surface area contributed by atoms with Gasteiger partial charge in [0.25, 0.3) is 11.8 Å². The summed E-state index contributed by atoms with van der Waals surface area (Å²) >= 11 is 0. The molecule has 1 aromatic carbocycles. The average Bonchev–Trinajstić information content (AvgIpc) is 2.53. The van der Waals surface area contributed by atoms with Crippen LogP contribution in [0, 0.1) is 0 Å². The van der Waals surface area contributed by atoms with Gasteiger partial charge in [-0.3, -0.25) is 9.59 Å². The molecule has 1 saturated heterocycles. The third kappa shape index (κ3) is 3.47. The fourth-order valence-corrected chi connectivity index (χ4v) is 2.48. The van der Waals surface area contributed by atoms with E-state index < -0.39 is 30.5 Å². The molecule has 2 rings (SSSR count). The lowest BCUT2D eigenvalue weighted by atomic mass is 9.90. The Balaban J connectivity index is 2.10. The molecule has 0 bridgehead atoms. The normalized spacial score (nSPS) is 17.7. The van der Waals surface area contributed by atoms with E-state index in [1.807, 2.05) is 0 Å². The first-order valence-electron chi connectivity index (χ1n) is 7.08. The van der Waals surface area contributed by atoms with Gasteiger partial charge in [0, 0.05) is 44.1 Å². The van der Waals surface area contributed by atoms with Gasteiger partial charge in [0.2, 0.25) is 0 Å². The van der Waals surface area contributed by atoms with Crippen molar-refractivity contribution in [3.8, 4) is 0 Å². The second-order valence-corrected chi connectivity index (χ2v) is 5.48. The van der Waals surface area contributed by atoms with Crippen molar-refractivity contribution in [2.75, 3.05) is 20.1 Å². The van der Waals surface area contributed by atoms with Crippen LogP contribution in [-0.4, -0.2) is 53.7 Å². The molecule has 5 nitrogen and oxygen atoms in total. The molecule has 2 amide bonds. The van der Waals surface area contributed by atoms with Crippen molar-refractivity contribution in [1.29, 1.82) is 0 Å². The molecule has 8 heteroatoms. The third-order valence-electron chi connectivity index (χ3n) is 4.00. The van der Waals surface area contributed by atoms with Crippen molar-refractivity contribution >= 4 is 11.8 Å². The Kier molecular flexibility index (Phi) is 4.65. The van der Waals surface area contributed by atoms with E-state index in [-0.39, 0.29) is 24.6 Å². The summed E-state index contributed by atoms with van der Waals surface area (Å²) in [7, 11) is 1.46. The molecule has 2 N–H and O–H groups in total. The summed E-state index contributed by atoms with van der Waals surface area (Å²) in [5.74, 6) is -0.815. The van der Waals surface area contributed by atoms with Gasteiger partial charge in [0.1, 0.15) is 0 Å². The van der Waals surface area contributed by atoms with Crippen molar-refractivity contribution in [2.24, 2.45) is 0 Å². The molecule has 1 heterocycles. The van der Waals surface area contributed by atoms with Gasteiger partial charge >= 0.3 is 6.18 Å². The zero-order chi connectivity index (χ0) is 17.3. The topological polar surface area (TPSA) is 69.6 Å². The number of hydrogen-bond acceptors (Lipinski definition) is 3. The molecule has 23 heavy (non-hydrogen) atoms. The number of carbonyl (C=O) groups excluding carboxylic acids is 2. The lowest BCUT2D eigenvalue weighted by Crippen LogP contribution is -2.54. The minimum absolute atomic E-state index is 0.195. The molecule has 0 saturated carbocycles. The van der Waals surface area contributed by atoms with Crippen molar-refractivity contribution in [1.82, 2.24) is 10.2 Å². The van der Waals surface area contributed by atoms with E-state index in [9.17, 15) is 27.9 Å². The number of rotatable bonds is 2. The Morgan fingerprint density at radius 3 is 2.30 bits per heavy atom. The summed E-state index contributed by atoms with van der Waals surface area (Å²) in [6, 6.07) is 5.97. The molecule has 1 aliphatic heterocycles. The fourth-order valence-electron chi connectivity index (χ4n) is 2.48. The predicted molar refractivity (Wildman–Crippen MR) is 76.0 cm³/mol. The van der Waals surface area contributed by atoms with Gasteiger partial charge in [-0.1, -0.05) is 6.07 Å². The summed E-state index contributed by atoms with van der Waals surface area (Å²) in [5, 5.41) is 12.0. The molecular weight excluding hydrogens is 313 g/mol. The molecule has 0 unspecified atom stereocenters. The minimum atomic E-state index is -4.71. The quantitative estimate of drug-likeness (QED) is 0.865. The highest BCUT2D eigenvalue weighted by Crippen LogP contribution is 2.38. The van der Waals surface area contributed by atoms with Crippen LogP contribution in [0.5, 0.6) is 0 Å². The summed E-state index contributed by atoms with van der Waals surface area (Å²) in [6.07, 6.45) is -5.82. The molecule has 0 aromatic heterocycles. The van der Waals surface area contributed by atoms with Crippen LogP contribution in [0.3, 0.4) is 0 Å². The van der Waals surface area contributed by atoms with Gasteiger partial charge in [-0.05, 0) is 18.2 Å². The zero-order valence-corrected chi connectivity index (χ0v) is 12.5. The molecule has 1 aromatic rings. The Labute approximate surface area is 131 Å². The number of hydrogen-bond donors (Lipinski definition) is 2. The predicted octanol–water partition coefficient (Wildman–Crippen LogP) is 1.58. The summed E-state index contributed by atoms with van der Waals surface area (Å²) in [4.78, 5) is 25.2. The Hall–Kier alpha value is -2.09. The van der Waals surface area contributed by atoms with E-state index in [2.05, 4.69) is 5.32 Å². The highest BCUT2D eigenvalue weighted by atomic mass is 19.4. The maximum Gasteiger partial charge on any atom is 0.417 e. The van der Waals surface area contributed by atoms with Crippen LogP contribution in [0.2, 0.25) is 0 Å². The summed E-state index contributed by atoms with van der Waals surface area (Å²) in [6.45, 7) is -0.391. The number of halogens is 3. The van der Waals surface area contributed by atoms with Gasteiger partial charge in [-0.15, -0.1) is 0 Å². The largest absolute Gasteiger partial charge is 0.417 e. The molecule has 0 aliphatic carbocycles. The fraction of sp³-hybridized carbons (Fsp3) is 0.467. The number of piperidine rings is 1. The number of alkyl halides is 3. The van der Waals surface area contributed by atoms with Gasteiger partial charge in [-0.2, -0.15) is 13.2 Å². The minimum Gasteiger partial charge on any atom is -0.380 e. The first-order valence-corrected chi connectivity index (χ1v) is 7.08. The Bertz CT molecular complexity index is 608. The highest BCUT2D eigenvalue weighted by Gasteiger charge is 2.54. The van der Waals surface area contributed by atoms with E-state index >= 15 is 0 Å². The number of nitrogens with zero attached hydrogens (tertiary/aromatic N) is 1. The van der Waals surface area contributed by atoms with Crippen LogP contribution < -0.4 is 5.32 Å². The van der Waals surface area contributed by atoms with E-state index in [1.54, 1.807) is 0 Å². The number of aliphatic hydroxyl groups is 1. The van der Waals surface area contributed by atoms with Crippen molar-refractivity contribution < 1.29 is 27.9 Å². The van der Waals surface area contributed by atoms with Crippen LogP contribution in [-0.2, 0) is 0 Å². The monoisotopic (exact) mass is 330 g/mol. The molecular formula is C15H17F3N2O3. The van der Waals surface area contributed by atoms with Gasteiger partial charge < -0.3 is 15.3 Å². The summed E-state index contributed by atoms with van der Waals surface area (Å²) in [5.41, 5.74) is -2.22. The number of benzene rings is 1. The molecule has 0 atom stereocenters. The molecule has 1 fully saturated rings. The van der Waals surface area contributed by atoms with E-state index in [1.165, 1.54) is 36.2 Å². The Morgan fingerprint density at radius 1 is 1.22 bits per heavy atom. The lowest BCUT2D eigenvalue weighted by molar-refractivity contribution is -0.271. The van der Waals surface area contributed by atoms with E-state index in [0.29, 0.717) is 5.56 Å². The van der Waals surface area contributed by atoms with Crippen LogP contribution >= 0.6 is 0 Å². The number of nitrogens with one attached hydrogen (secondary N) is 1. The smallest absolute Gasteiger partial charge is 0.380 e. The maximum absolute atomic E-state index is 12.8. The molecule has 1 aliphatic rings. The van der Waals surface area contributed by atoms with Crippen molar-refractivity contribution in [2.45, 2.75) is 24.6 Å². The Morgan fingerprint density at radius 2 is 1.78 bits per heavy atom. The second kappa shape index (κ2) is 6.19. The summed E-state index contributed by atoms with van der Waals surface area (Å²) < 4.78 is 38.3. The zero-order valence-electron chi connectivity index (χ0n) is 12.5. The maximum atomic E-state index is 12.8. The third-order valence-corrected chi connectivity index (χ3v) is 4.00. The SMILES string of the molecule is CNC(=O)c1cccc(C(=O)N2CCC(O)(C(F)(F)F)CC2)c1. The molecule has 0 spiro atoms. The second-order valence-electron chi connectivity index (χ2n) is 5.48. The van der Waals surface area contributed by atoms with Gasteiger partial charge in [0.05, 0.1) is 0 Å². The van der Waals surface area contributed by atoms with Gasteiger partial charge in [-0.25, -0.2) is 0 Å². The van der Waals surface area contributed by atoms with Crippen LogP contribution in [0.25, 0.3) is 0 Å². The van der Waals surface area contributed by atoms with E-state index in [4.69, 9.17) is 0 Å². The first kappa shape index (κ1) is 17.3. The molecule has 0 radical (unpaired) electrons. The highest BCUT2D eigenvalue weighted by molar-refractivity contribution is 5.99. The first-order chi connectivity index (χ1) is 10.7. The number of amides is 2. The molecule has 126 valence electrons. The number of carbonyl (C=O) groups is 2. The van der Waals surface area contributed by atoms with E-state index in [0.717, 1.165) is 0 Å². The van der Waals surface area contributed by atoms with Crippen molar-refractivity contribution in [3.05, 3.63) is 35.4 Å². The standard InChI is InChI=1S/C15H17F3N2O3/c1-19-12(21)10-3-2-4-11(9-10)13(22)20-7-5-14(23,6-8-20)15(16,17)18/h2-4,9,23H,5-8H2,1H3,(H,19,21). The van der Waals surface area contributed by atoms with Crippen molar-refractivity contribution in [3.63, 3.8) is 0 Å². The van der Waals surface area contributed by atoms with Crippen LogP contribution in [0.4, 0.5) is 13.2 Å². The van der Waals surface area contributed by atoms with Crippen LogP contribution in [0.1, 0.15) is 33.6 Å². The average molecular weight is 330 g/mol. The number of likely N-dealkylation sites (tertiary alicyclic amines) is 1. The van der Waals surface area contributed by atoms with Gasteiger partial charge in [0.15, 0.2) is 5.60 Å². The van der Waals surface area contributed by atoms with Crippen LogP contribution in [0.15, 0.2) is 24.3 Å².